The molecule has 1 amide bonds. The number of hydrogen-bond acceptors (Lipinski definition) is 4. The van der Waals surface area contributed by atoms with E-state index in [4.69, 9.17) is 10.5 Å². The molecule has 0 aliphatic carbocycles. The van der Waals surface area contributed by atoms with Crippen LogP contribution in [0.4, 0.5) is 0 Å². The van der Waals surface area contributed by atoms with Gasteiger partial charge in [-0.15, -0.1) is 0 Å². The standard InChI is InChI=1S/C18H20N2O3/c19-15-10-13-3-6-14(7-4-13)23-17-11-12(5-8-16(17)21)2-1-9-20-18(15)22/h3-8,11,15,21H,1-2,9-10,19H2,(H,20,22)/t15-/m0/s1. The van der Waals surface area contributed by atoms with Crippen LogP contribution in [-0.2, 0) is 17.6 Å². The Balaban J connectivity index is 1.90. The van der Waals surface area contributed by atoms with Crippen molar-refractivity contribution in [2.24, 2.45) is 5.73 Å². The van der Waals surface area contributed by atoms with Crippen LogP contribution in [0, 0.1) is 0 Å². The highest BCUT2D eigenvalue weighted by molar-refractivity contribution is 5.81. The molecule has 23 heavy (non-hydrogen) atoms. The highest BCUT2D eigenvalue weighted by Crippen LogP contribution is 2.32. The summed E-state index contributed by atoms with van der Waals surface area (Å²) in [6.45, 7) is 0.571. The van der Waals surface area contributed by atoms with Gasteiger partial charge in [0.05, 0.1) is 6.04 Å². The Morgan fingerprint density at radius 3 is 2.65 bits per heavy atom. The van der Waals surface area contributed by atoms with Gasteiger partial charge in [-0.05, 0) is 54.7 Å². The molecule has 4 rings (SSSR count). The Morgan fingerprint density at radius 1 is 1.13 bits per heavy atom. The summed E-state index contributed by atoms with van der Waals surface area (Å²) in [6, 6.07) is 12.1. The lowest BCUT2D eigenvalue weighted by Crippen LogP contribution is -2.42. The first-order valence-corrected chi connectivity index (χ1v) is 7.74. The van der Waals surface area contributed by atoms with Crippen LogP contribution in [0.15, 0.2) is 42.5 Å². The molecule has 0 radical (unpaired) electrons. The van der Waals surface area contributed by atoms with Gasteiger partial charge in [0.1, 0.15) is 5.75 Å². The number of rotatable bonds is 0. The number of carbonyl (C=O) groups excluding carboxylic acids is 1. The summed E-state index contributed by atoms with van der Waals surface area (Å²) in [5.41, 5.74) is 7.95. The molecule has 0 saturated carbocycles. The molecular formula is C18H20N2O3. The number of benzene rings is 2. The molecule has 2 aliphatic heterocycles. The minimum absolute atomic E-state index is 0.109. The van der Waals surface area contributed by atoms with Crippen LogP contribution in [0.25, 0.3) is 0 Å². The van der Waals surface area contributed by atoms with Gasteiger partial charge < -0.3 is 20.9 Å². The van der Waals surface area contributed by atoms with Crippen molar-refractivity contribution in [2.45, 2.75) is 25.3 Å². The minimum Gasteiger partial charge on any atom is -0.504 e. The smallest absolute Gasteiger partial charge is 0.237 e. The zero-order valence-electron chi connectivity index (χ0n) is 12.8. The minimum atomic E-state index is -0.558. The summed E-state index contributed by atoms with van der Waals surface area (Å²) >= 11 is 0. The summed E-state index contributed by atoms with van der Waals surface area (Å²) in [5, 5.41) is 12.8. The Labute approximate surface area is 135 Å². The van der Waals surface area contributed by atoms with E-state index in [0.29, 0.717) is 24.5 Å². The number of phenolic OH excluding ortho intramolecular Hbond substituents is 1. The van der Waals surface area contributed by atoms with Crippen molar-refractivity contribution in [3.8, 4) is 17.2 Å². The van der Waals surface area contributed by atoms with Crippen LogP contribution in [0.5, 0.6) is 17.2 Å². The van der Waals surface area contributed by atoms with Gasteiger partial charge >= 0.3 is 0 Å². The Kier molecular flexibility index (Phi) is 4.48. The first-order valence-electron chi connectivity index (χ1n) is 7.74. The van der Waals surface area contributed by atoms with E-state index < -0.39 is 6.04 Å². The lowest BCUT2D eigenvalue weighted by atomic mass is 10.1. The van der Waals surface area contributed by atoms with Gasteiger partial charge in [-0.1, -0.05) is 18.2 Å². The van der Waals surface area contributed by atoms with Gasteiger partial charge in [0.25, 0.3) is 0 Å². The summed E-state index contributed by atoms with van der Waals surface area (Å²) < 4.78 is 5.76. The summed E-state index contributed by atoms with van der Waals surface area (Å²) in [4.78, 5) is 12.0. The number of aromatic hydroxyl groups is 1. The average Bonchev–Trinajstić information content (AvgIpc) is 2.55. The molecule has 120 valence electrons. The van der Waals surface area contributed by atoms with Crippen LogP contribution >= 0.6 is 0 Å². The second-order valence-electron chi connectivity index (χ2n) is 5.75. The second-order valence-corrected chi connectivity index (χ2v) is 5.75. The van der Waals surface area contributed by atoms with E-state index in [-0.39, 0.29) is 11.7 Å². The fourth-order valence-corrected chi connectivity index (χ4v) is 2.60. The van der Waals surface area contributed by atoms with E-state index in [1.54, 1.807) is 6.07 Å². The predicted molar refractivity (Wildman–Crippen MR) is 87.6 cm³/mol. The van der Waals surface area contributed by atoms with E-state index in [0.717, 1.165) is 24.0 Å². The molecule has 4 bridgehead atoms. The second kappa shape index (κ2) is 6.71. The van der Waals surface area contributed by atoms with E-state index in [2.05, 4.69) is 5.32 Å². The molecular weight excluding hydrogens is 292 g/mol. The number of nitrogens with one attached hydrogen (secondary N) is 1. The maximum Gasteiger partial charge on any atom is 0.237 e. The molecule has 5 nitrogen and oxygen atoms in total. The summed E-state index contributed by atoms with van der Waals surface area (Å²) in [6.07, 6.45) is 2.06. The normalized spacial score (nSPS) is 18.5. The lowest BCUT2D eigenvalue weighted by Gasteiger charge is -2.12. The third kappa shape index (κ3) is 3.81. The molecule has 0 saturated heterocycles. The zero-order valence-corrected chi connectivity index (χ0v) is 12.8. The van der Waals surface area contributed by atoms with Crippen LogP contribution in [0.2, 0.25) is 0 Å². The third-order valence-corrected chi connectivity index (χ3v) is 3.91. The molecule has 2 heterocycles. The molecule has 5 heteroatoms. The number of hydrogen-bond donors (Lipinski definition) is 3. The van der Waals surface area contributed by atoms with E-state index in [1.807, 2.05) is 36.4 Å². The summed E-state index contributed by atoms with van der Waals surface area (Å²) in [5.74, 6) is 1.05. The van der Waals surface area contributed by atoms with Crippen LogP contribution < -0.4 is 15.8 Å². The van der Waals surface area contributed by atoms with Gasteiger partial charge in [0.2, 0.25) is 5.91 Å². The number of aryl methyl sites for hydroxylation is 1. The monoisotopic (exact) mass is 312 g/mol. The number of nitrogens with two attached hydrogens (primary N) is 1. The molecule has 0 spiro atoms. The fourth-order valence-electron chi connectivity index (χ4n) is 2.60. The van der Waals surface area contributed by atoms with Crippen molar-refractivity contribution in [1.82, 2.24) is 5.32 Å². The summed E-state index contributed by atoms with van der Waals surface area (Å²) in [7, 11) is 0. The number of amides is 1. The zero-order chi connectivity index (χ0) is 16.2. The lowest BCUT2D eigenvalue weighted by molar-refractivity contribution is -0.122. The number of carbonyl (C=O) groups is 1. The molecule has 0 aromatic heterocycles. The quantitative estimate of drug-likeness (QED) is 0.695. The van der Waals surface area contributed by atoms with E-state index >= 15 is 0 Å². The fraction of sp³-hybridized carbons (Fsp3) is 0.278. The topological polar surface area (TPSA) is 84.6 Å². The van der Waals surface area contributed by atoms with Crippen LogP contribution in [0.3, 0.4) is 0 Å². The predicted octanol–water partition coefficient (Wildman–Crippen LogP) is 2.12. The molecule has 1 atom stereocenters. The first-order chi connectivity index (χ1) is 11.1. The Morgan fingerprint density at radius 2 is 1.87 bits per heavy atom. The van der Waals surface area contributed by atoms with Gasteiger partial charge in [-0.3, -0.25) is 4.79 Å². The first kappa shape index (κ1) is 15.4. The largest absolute Gasteiger partial charge is 0.504 e. The van der Waals surface area contributed by atoms with Gasteiger partial charge in [-0.25, -0.2) is 0 Å². The Hall–Kier alpha value is -2.53. The molecule has 2 aliphatic rings. The van der Waals surface area contributed by atoms with Gasteiger partial charge in [0.15, 0.2) is 11.5 Å². The molecule has 0 unspecified atom stereocenters. The van der Waals surface area contributed by atoms with Crippen LogP contribution in [-0.4, -0.2) is 23.6 Å². The van der Waals surface area contributed by atoms with E-state index in [9.17, 15) is 9.90 Å². The van der Waals surface area contributed by atoms with E-state index in [1.165, 1.54) is 0 Å². The van der Waals surface area contributed by atoms with Crippen molar-refractivity contribution in [2.75, 3.05) is 6.54 Å². The maximum atomic E-state index is 12.0. The van der Waals surface area contributed by atoms with Crippen molar-refractivity contribution in [3.63, 3.8) is 0 Å². The highest BCUT2D eigenvalue weighted by Gasteiger charge is 2.14. The number of fused-ring (bicyclic) bond motifs is 8. The van der Waals surface area contributed by atoms with Gasteiger partial charge in [-0.2, -0.15) is 0 Å². The molecule has 2 aromatic carbocycles. The molecule has 2 aromatic rings. The van der Waals surface area contributed by atoms with Gasteiger partial charge in [0, 0.05) is 6.54 Å². The molecule has 0 fully saturated rings. The SMILES string of the molecule is N[C@H]1Cc2ccc(cc2)Oc2cc(ccc2O)CCCNC1=O. The number of ether oxygens (including phenoxy) is 1. The molecule has 4 N–H and O–H groups in total. The number of phenols is 1. The maximum absolute atomic E-state index is 12.0. The van der Waals surface area contributed by atoms with Crippen molar-refractivity contribution in [3.05, 3.63) is 53.6 Å². The van der Waals surface area contributed by atoms with Crippen molar-refractivity contribution < 1.29 is 14.6 Å². The Bertz CT molecular complexity index is 698. The van der Waals surface area contributed by atoms with Crippen molar-refractivity contribution in [1.29, 1.82) is 0 Å². The average molecular weight is 312 g/mol. The van der Waals surface area contributed by atoms with Crippen LogP contribution in [0.1, 0.15) is 17.5 Å². The third-order valence-electron chi connectivity index (χ3n) is 3.91. The van der Waals surface area contributed by atoms with Crippen molar-refractivity contribution >= 4 is 5.91 Å². The highest BCUT2D eigenvalue weighted by atomic mass is 16.5.